The summed E-state index contributed by atoms with van der Waals surface area (Å²) in [6, 6.07) is 10.6. The number of aliphatic hydroxyl groups excluding tert-OH is 1. The van der Waals surface area contributed by atoms with E-state index in [1.54, 1.807) is 49.4 Å². The molecular weight excluding hydrogens is 520 g/mol. The summed E-state index contributed by atoms with van der Waals surface area (Å²) < 4.78 is 16.6. The molecule has 1 N–H and O–H groups in total. The van der Waals surface area contributed by atoms with Crippen molar-refractivity contribution in [3.05, 3.63) is 69.7 Å². The fraction of sp³-hybridized carbons (Fsp3) is 0.310. The minimum absolute atomic E-state index is 0.107. The molecule has 1 atom stereocenters. The first-order chi connectivity index (χ1) is 18.7. The van der Waals surface area contributed by atoms with E-state index in [-0.39, 0.29) is 22.2 Å². The molecule has 10 heteroatoms. The average molecular weight is 551 g/mol. The molecule has 1 aromatic heterocycles. The van der Waals surface area contributed by atoms with Gasteiger partial charge in [0, 0.05) is 12.5 Å². The molecule has 1 fully saturated rings. The summed E-state index contributed by atoms with van der Waals surface area (Å²) in [5.74, 6) is -0.760. The zero-order chi connectivity index (χ0) is 28.3. The lowest BCUT2D eigenvalue weighted by Crippen LogP contribution is -2.29. The summed E-state index contributed by atoms with van der Waals surface area (Å²) in [5.41, 5.74) is 1.19. The second kappa shape index (κ2) is 11.7. The first-order valence-electron chi connectivity index (χ1n) is 12.5. The smallest absolute Gasteiger partial charge is 0.301 e. The summed E-state index contributed by atoms with van der Waals surface area (Å²) in [6.07, 6.45) is 1.84. The quantitative estimate of drug-likeness (QED) is 0.116. The lowest BCUT2D eigenvalue weighted by molar-refractivity contribution is -0.132. The van der Waals surface area contributed by atoms with Gasteiger partial charge >= 0.3 is 5.91 Å². The van der Waals surface area contributed by atoms with Gasteiger partial charge in [-0.05, 0) is 55.3 Å². The molecule has 9 nitrogen and oxygen atoms in total. The number of rotatable bonds is 10. The van der Waals surface area contributed by atoms with Crippen LogP contribution in [-0.4, -0.2) is 48.4 Å². The maximum atomic E-state index is 13.5. The Balaban J connectivity index is 1.90. The van der Waals surface area contributed by atoms with Gasteiger partial charge in [-0.25, -0.2) is 4.98 Å². The fourth-order valence-electron chi connectivity index (χ4n) is 4.36. The Labute approximate surface area is 230 Å². The number of ether oxygens (including phenoxy) is 3. The molecule has 4 rings (SSSR count). The number of aryl methyl sites for hydroxylation is 1. The molecule has 204 valence electrons. The molecule has 1 unspecified atom stereocenters. The van der Waals surface area contributed by atoms with Crippen molar-refractivity contribution >= 4 is 39.7 Å². The van der Waals surface area contributed by atoms with Crippen molar-refractivity contribution in [2.75, 3.05) is 25.7 Å². The molecule has 0 aliphatic carbocycles. The zero-order valence-corrected chi connectivity index (χ0v) is 23.3. The number of hydrogen-bond donors (Lipinski definition) is 1. The molecule has 1 saturated heterocycles. The number of carbonyl (C=O) groups is 3. The number of Topliss-reactive ketones (excluding diaryl/α,β-unsaturated/α-hetero) is 2. The van der Waals surface area contributed by atoms with Crippen molar-refractivity contribution in [2.24, 2.45) is 0 Å². The molecule has 39 heavy (non-hydrogen) atoms. The molecular formula is C29H30N2O7S. The minimum Gasteiger partial charge on any atom is -0.507 e. The molecule has 1 amide bonds. The number of aromatic nitrogens is 1. The van der Waals surface area contributed by atoms with Gasteiger partial charge in [-0.15, -0.1) is 0 Å². The van der Waals surface area contributed by atoms with Crippen LogP contribution in [0.4, 0.5) is 5.13 Å². The number of amides is 1. The molecule has 0 radical (unpaired) electrons. The third kappa shape index (κ3) is 5.37. The summed E-state index contributed by atoms with van der Waals surface area (Å²) in [6.45, 7) is 5.66. The van der Waals surface area contributed by atoms with Gasteiger partial charge in [0.15, 0.2) is 22.4 Å². The van der Waals surface area contributed by atoms with E-state index in [0.717, 1.165) is 24.2 Å². The number of unbranched alkanes of at least 4 members (excludes halogenated alkanes) is 1. The number of aliphatic hydroxyl groups is 1. The van der Waals surface area contributed by atoms with Crippen LogP contribution < -0.4 is 19.1 Å². The SMILES string of the molecule is CCCCOc1ccc(C2/C(=C(\O)c3ccc(OC)cc3)C(=O)C(=O)N2c2nc(C)c(C(C)=O)s2)cc1OC. The Morgan fingerprint density at radius 1 is 1.08 bits per heavy atom. The normalized spacial score (nSPS) is 16.4. The van der Waals surface area contributed by atoms with Crippen molar-refractivity contribution < 1.29 is 33.7 Å². The number of methoxy groups -OCH3 is 2. The highest BCUT2D eigenvalue weighted by Crippen LogP contribution is 2.45. The van der Waals surface area contributed by atoms with E-state index in [4.69, 9.17) is 14.2 Å². The Kier molecular flexibility index (Phi) is 8.35. The minimum atomic E-state index is -1.03. The van der Waals surface area contributed by atoms with E-state index < -0.39 is 17.7 Å². The number of thiazole rings is 1. The van der Waals surface area contributed by atoms with Crippen LogP contribution in [-0.2, 0) is 9.59 Å². The van der Waals surface area contributed by atoms with Crippen LogP contribution in [0.2, 0.25) is 0 Å². The van der Waals surface area contributed by atoms with Crippen LogP contribution in [0.5, 0.6) is 17.2 Å². The molecule has 2 heterocycles. The molecule has 1 aliphatic rings. The molecule has 2 aromatic carbocycles. The Bertz CT molecular complexity index is 1440. The third-order valence-electron chi connectivity index (χ3n) is 6.38. The van der Waals surface area contributed by atoms with E-state index in [9.17, 15) is 19.5 Å². The highest BCUT2D eigenvalue weighted by molar-refractivity contribution is 7.18. The number of ketones is 2. The number of benzene rings is 2. The average Bonchev–Trinajstić information content (AvgIpc) is 3.45. The molecule has 0 bridgehead atoms. The number of hydrogen-bond acceptors (Lipinski definition) is 9. The third-order valence-corrected chi connectivity index (χ3v) is 7.64. The second-order valence-corrected chi connectivity index (χ2v) is 9.95. The van der Waals surface area contributed by atoms with Crippen molar-refractivity contribution in [3.8, 4) is 17.2 Å². The number of carbonyl (C=O) groups excluding carboxylic acids is 3. The Morgan fingerprint density at radius 2 is 1.79 bits per heavy atom. The lowest BCUT2D eigenvalue weighted by atomic mass is 9.95. The number of nitrogens with zero attached hydrogens (tertiary/aromatic N) is 2. The predicted octanol–water partition coefficient (Wildman–Crippen LogP) is 5.48. The largest absolute Gasteiger partial charge is 0.507 e. The predicted molar refractivity (Wildman–Crippen MR) is 148 cm³/mol. The van der Waals surface area contributed by atoms with E-state index in [2.05, 4.69) is 11.9 Å². The van der Waals surface area contributed by atoms with Gasteiger partial charge in [0.2, 0.25) is 0 Å². The molecule has 0 spiro atoms. The maximum absolute atomic E-state index is 13.5. The second-order valence-electron chi connectivity index (χ2n) is 8.98. The van der Waals surface area contributed by atoms with Crippen LogP contribution in [0.25, 0.3) is 5.76 Å². The van der Waals surface area contributed by atoms with Gasteiger partial charge in [0.05, 0.1) is 43.0 Å². The highest BCUT2D eigenvalue weighted by atomic mass is 32.1. The van der Waals surface area contributed by atoms with E-state index in [0.29, 0.717) is 45.6 Å². The highest BCUT2D eigenvalue weighted by Gasteiger charge is 2.48. The zero-order valence-electron chi connectivity index (χ0n) is 22.4. The van der Waals surface area contributed by atoms with Crippen molar-refractivity contribution in [2.45, 2.75) is 39.7 Å². The van der Waals surface area contributed by atoms with Gasteiger partial charge in [0.1, 0.15) is 11.5 Å². The van der Waals surface area contributed by atoms with Crippen LogP contribution >= 0.6 is 11.3 Å². The monoisotopic (exact) mass is 550 g/mol. The van der Waals surface area contributed by atoms with Crippen molar-refractivity contribution in [1.82, 2.24) is 4.98 Å². The topological polar surface area (TPSA) is 115 Å². The summed E-state index contributed by atoms with van der Waals surface area (Å²) in [4.78, 5) is 45.1. The molecule has 0 saturated carbocycles. The number of anilines is 1. The van der Waals surface area contributed by atoms with Crippen molar-refractivity contribution in [3.63, 3.8) is 0 Å². The summed E-state index contributed by atoms with van der Waals surface area (Å²) in [5, 5.41) is 11.5. The van der Waals surface area contributed by atoms with Crippen LogP contribution in [0.15, 0.2) is 48.0 Å². The first-order valence-corrected chi connectivity index (χ1v) is 13.3. The molecule has 3 aromatic rings. The summed E-state index contributed by atoms with van der Waals surface area (Å²) >= 11 is 1.03. The lowest BCUT2D eigenvalue weighted by Gasteiger charge is -2.24. The van der Waals surface area contributed by atoms with Gasteiger partial charge < -0.3 is 19.3 Å². The Morgan fingerprint density at radius 3 is 2.38 bits per heavy atom. The van der Waals surface area contributed by atoms with E-state index in [1.807, 2.05) is 0 Å². The van der Waals surface area contributed by atoms with Gasteiger partial charge in [-0.1, -0.05) is 30.7 Å². The van der Waals surface area contributed by atoms with Crippen LogP contribution in [0, 0.1) is 6.92 Å². The molecule has 1 aliphatic heterocycles. The van der Waals surface area contributed by atoms with Gasteiger partial charge in [-0.2, -0.15) is 0 Å². The summed E-state index contributed by atoms with van der Waals surface area (Å²) in [7, 11) is 3.03. The van der Waals surface area contributed by atoms with Gasteiger partial charge in [-0.3, -0.25) is 19.3 Å². The van der Waals surface area contributed by atoms with E-state index in [1.165, 1.54) is 26.0 Å². The van der Waals surface area contributed by atoms with Crippen molar-refractivity contribution in [1.29, 1.82) is 0 Å². The Hall–Kier alpha value is -4.18. The fourth-order valence-corrected chi connectivity index (χ4v) is 5.35. The standard InChI is InChI=1S/C29H30N2O7S/c1-6-7-14-38-21-13-10-19(15-22(21)37-5)24-23(25(33)18-8-11-20(36-4)12-9-18)26(34)28(35)31(24)29-30-16(2)27(39-29)17(3)32/h8-13,15,24,33H,6-7,14H2,1-5H3/b25-23+. The van der Waals surface area contributed by atoms with Crippen LogP contribution in [0.1, 0.15) is 59.2 Å². The van der Waals surface area contributed by atoms with E-state index >= 15 is 0 Å². The van der Waals surface area contributed by atoms with Crippen LogP contribution in [0.3, 0.4) is 0 Å². The first kappa shape index (κ1) is 27.8. The van der Waals surface area contributed by atoms with Gasteiger partial charge in [0.25, 0.3) is 5.78 Å². The maximum Gasteiger partial charge on any atom is 0.301 e.